The van der Waals surface area contributed by atoms with E-state index >= 15 is 0 Å². The molecule has 3 rings (SSSR count). The molecule has 26 heavy (non-hydrogen) atoms. The Morgan fingerprint density at radius 1 is 0.692 bits per heavy atom. The number of benzene rings is 3. The second-order valence-corrected chi connectivity index (χ2v) is 8.23. The molecule has 3 aromatic rings. The number of hydrogen-bond acceptors (Lipinski definition) is 3. The van der Waals surface area contributed by atoms with E-state index in [9.17, 15) is 13.0 Å². The van der Waals surface area contributed by atoms with Gasteiger partial charge in [0.2, 0.25) is 0 Å². The molecule has 0 aliphatic heterocycles. The largest absolute Gasteiger partial charge is 1.00 e. The van der Waals surface area contributed by atoms with E-state index < -0.39 is 10.1 Å². The van der Waals surface area contributed by atoms with Crippen LogP contribution in [0.3, 0.4) is 0 Å². The predicted octanol–water partition coefficient (Wildman–Crippen LogP) is 0.527. The van der Waals surface area contributed by atoms with E-state index in [0.29, 0.717) is 0 Å². The zero-order valence-electron chi connectivity index (χ0n) is 15.1. The van der Waals surface area contributed by atoms with Gasteiger partial charge in [0.25, 0.3) is 0 Å². The first-order valence-corrected chi connectivity index (χ1v) is 10.2. The summed E-state index contributed by atoms with van der Waals surface area (Å²) in [6.45, 7) is 4.36. The van der Waals surface area contributed by atoms with Gasteiger partial charge >= 0.3 is 18.9 Å². The normalized spacial score (nSPS) is 10.3. The molecular formula is C20H20LiO3PS. The minimum atomic E-state index is -4.25. The fraction of sp³-hybridized carbons (Fsp3) is 0.100. The second kappa shape index (κ2) is 10.7. The van der Waals surface area contributed by atoms with Crippen LogP contribution in [0.4, 0.5) is 0 Å². The average molecular weight is 378 g/mol. The third-order valence-corrected chi connectivity index (χ3v) is 6.10. The smallest absolute Gasteiger partial charge is 0.744 e. The third-order valence-electron chi connectivity index (χ3n) is 3.59. The standard InChI is InChI=1S/C14H15P.C6H6O3S.Li/c1-11-7-3-5-9-13(11)15-14-10-6-4-8-12(14)2;7-10(8,9)6-4-2-1-3-5-6;/h3-10,15H,1-2H3;1-5H,(H,7,8,9);/q;;+1/p-1. The predicted molar refractivity (Wildman–Crippen MR) is 104 cm³/mol. The van der Waals surface area contributed by atoms with Crippen molar-refractivity contribution >= 4 is 29.3 Å². The van der Waals surface area contributed by atoms with Crippen LogP contribution in [-0.4, -0.2) is 13.0 Å². The second-order valence-electron chi connectivity index (χ2n) is 5.52. The van der Waals surface area contributed by atoms with Crippen LogP contribution in [0.15, 0.2) is 83.8 Å². The van der Waals surface area contributed by atoms with Crippen LogP contribution in [0.5, 0.6) is 0 Å². The van der Waals surface area contributed by atoms with Gasteiger partial charge in [-0.1, -0.05) is 75.3 Å². The summed E-state index contributed by atoms with van der Waals surface area (Å²) in [4.78, 5) is -0.185. The molecule has 0 radical (unpaired) electrons. The Hall–Kier alpha value is -1.40. The van der Waals surface area contributed by atoms with Crippen LogP contribution in [0, 0.1) is 13.8 Å². The molecule has 0 amide bonds. The van der Waals surface area contributed by atoms with Gasteiger partial charge in [-0.3, -0.25) is 0 Å². The molecule has 130 valence electrons. The molecule has 0 saturated carbocycles. The SMILES string of the molecule is Cc1ccccc1Pc1ccccc1C.O=S(=O)([O-])c1ccccc1.[Li+]. The Labute approximate surface area is 169 Å². The van der Waals surface area contributed by atoms with E-state index in [2.05, 4.69) is 62.4 Å². The molecule has 0 unspecified atom stereocenters. The van der Waals surface area contributed by atoms with Crippen molar-refractivity contribution in [2.24, 2.45) is 0 Å². The van der Waals surface area contributed by atoms with Crippen molar-refractivity contribution < 1.29 is 31.8 Å². The Morgan fingerprint density at radius 3 is 1.42 bits per heavy atom. The maximum Gasteiger partial charge on any atom is 1.00 e. The first-order valence-electron chi connectivity index (χ1n) is 7.77. The minimum absolute atomic E-state index is 0. The third kappa shape index (κ3) is 7.08. The molecule has 0 heterocycles. The van der Waals surface area contributed by atoms with Crippen molar-refractivity contribution in [3.63, 3.8) is 0 Å². The summed E-state index contributed by atoms with van der Waals surface area (Å²) in [7, 11) is -3.48. The van der Waals surface area contributed by atoms with Crippen molar-refractivity contribution in [2.45, 2.75) is 18.7 Å². The molecule has 0 aliphatic carbocycles. The Bertz CT molecular complexity index is 885. The summed E-state index contributed by atoms with van der Waals surface area (Å²) in [5.74, 6) is 0. The van der Waals surface area contributed by atoms with E-state index in [0.717, 1.165) is 8.58 Å². The van der Waals surface area contributed by atoms with Gasteiger partial charge in [-0.15, -0.1) is 0 Å². The van der Waals surface area contributed by atoms with E-state index in [1.165, 1.54) is 46.0 Å². The summed E-state index contributed by atoms with van der Waals surface area (Å²) >= 11 is 0. The van der Waals surface area contributed by atoms with E-state index in [-0.39, 0.29) is 23.8 Å². The zero-order chi connectivity index (χ0) is 18.3. The van der Waals surface area contributed by atoms with Crippen LogP contribution in [-0.2, 0) is 10.1 Å². The van der Waals surface area contributed by atoms with E-state index in [1.807, 2.05) is 0 Å². The zero-order valence-corrected chi connectivity index (χ0v) is 17.0. The van der Waals surface area contributed by atoms with E-state index in [1.54, 1.807) is 6.07 Å². The molecule has 0 spiro atoms. The summed E-state index contributed by atoms with van der Waals surface area (Å²) in [5.41, 5.74) is 2.78. The number of hydrogen-bond donors (Lipinski definition) is 0. The fourth-order valence-electron chi connectivity index (χ4n) is 2.16. The molecule has 0 bridgehead atoms. The first kappa shape index (κ1) is 22.6. The van der Waals surface area contributed by atoms with Crippen LogP contribution >= 0.6 is 8.58 Å². The van der Waals surface area contributed by atoms with Gasteiger partial charge in [0.05, 0.1) is 4.90 Å². The molecule has 6 heteroatoms. The molecule has 0 aliphatic rings. The summed E-state index contributed by atoms with van der Waals surface area (Å²) in [6.07, 6.45) is 0. The molecule has 3 aromatic carbocycles. The van der Waals surface area contributed by atoms with Crippen molar-refractivity contribution in [1.29, 1.82) is 0 Å². The van der Waals surface area contributed by atoms with Crippen molar-refractivity contribution in [3.05, 3.63) is 90.0 Å². The summed E-state index contributed by atoms with van der Waals surface area (Å²) in [6, 6.07) is 24.4. The van der Waals surface area contributed by atoms with Crippen LogP contribution in [0.2, 0.25) is 0 Å². The van der Waals surface area contributed by atoms with Crippen LogP contribution < -0.4 is 29.5 Å². The summed E-state index contributed by atoms with van der Waals surface area (Å²) in [5, 5.41) is 2.90. The van der Waals surface area contributed by atoms with Gasteiger partial charge in [-0.05, 0) is 47.7 Å². The number of rotatable bonds is 3. The quantitative estimate of drug-likeness (QED) is 0.380. The van der Waals surface area contributed by atoms with Crippen molar-refractivity contribution in [1.82, 2.24) is 0 Å². The molecule has 0 aromatic heterocycles. The molecule has 0 atom stereocenters. The first-order chi connectivity index (χ1) is 11.9. The van der Waals surface area contributed by atoms with Gasteiger partial charge in [-0.25, -0.2) is 8.42 Å². The molecule has 0 fully saturated rings. The van der Waals surface area contributed by atoms with Gasteiger partial charge in [0, 0.05) is 0 Å². The maximum absolute atomic E-state index is 10.3. The van der Waals surface area contributed by atoms with Gasteiger partial charge < -0.3 is 4.55 Å². The Balaban J connectivity index is 0.000000270. The topological polar surface area (TPSA) is 57.2 Å². The Morgan fingerprint density at radius 2 is 1.08 bits per heavy atom. The Kier molecular flexibility index (Phi) is 9.29. The van der Waals surface area contributed by atoms with Gasteiger partial charge in [0.1, 0.15) is 10.1 Å². The van der Waals surface area contributed by atoms with E-state index in [4.69, 9.17) is 0 Å². The minimum Gasteiger partial charge on any atom is -0.744 e. The summed E-state index contributed by atoms with van der Waals surface area (Å²) < 4.78 is 30.8. The molecule has 3 nitrogen and oxygen atoms in total. The van der Waals surface area contributed by atoms with Crippen molar-refractivity contribution in [2.75, 3.05) is 0 Å². The molecular weight excluding hydrogens is 358 g/mol. The molecule has 0 N–H and O–H groups in total. The van der Waals surface area contributed by atoms with Gasteiger partial charge in [0.15, 0.2) is 0 Å². The maximum atomic E-state index is 10.3. The fourth-order valence-corrected chi connectivity index (χ4v) is 3.86. The van der Waals surface area contributed by atoms with Crippen LogP contribution in [0.25, 0.3) is 0 Å². The number of aryl methyl sites for hydroxylation is 2. The molecule has 0 saturated heterocycles. The van der Waals surface area contributed by atoms with Crippen molar-refractivity contribution in [3.8, 4) is 0 Å². The van der Waals surface area contributed by atoms with Gasteiger partial charge in [-0.2, -0.15) is 0 Å². The average Bonchev–Trinajstić information content (AvgIpc) is 2.59. The van der Waals surface area contributed by atoms with Crippen LogP contribution in [0.1, 0.15) is 11.1 Å². The monoisotopic (exact) mass is 378 g/mol.